The highest BCUT2D eigenvalue weighted by atomic mass is 16.1. The quantitative estimate of drug-likeness (QED) is 0.561. The van der Waals surface area contributed by atoms with Gasteiger partial charge in [0.25, 0.3) is 0 Å². The average Bonchev–Trinajstić information content (AvgIpc) is 2.63. The molecule has 0 saturated heterocycles. The van der Waals surface area contributed by atoms with E-state index in [9.17, 15) is 4.79 Å². The molecule has 51 valence electrons. The van der Waals surface area contributed by atoms with Gasteiger partial charge in [0, 0.05) is 12.3 Å². The summed E-state index contributed by atoms with van der Waals surface area (Å²) >= 11 is 0. The molecule has 0 N–H and O–H groups in total. The molecule has 0 aromatic rings. The van der Waals surface area contributed by atoms with Crippen LogP contribution >= 0.6 is 0 Å². The van der Waals surface area contributed by atoms with Crippen LogP contribution in [0.4, 0.5) is 0 Å². The van der Waals surface area contributed by atoms with Crippen molar-refractivity contribution in [2.24, 2.45) is 5.92 Å². The second-order valence-corrected chi connectivity index (χ2v) is 2.70. The molecule has 1 aliphatic rings. The molecule has 9 heavy (non-hydrogen) atoms. The van der Waals surface area contributed by atoms with Crippen LogP contribution in [0.3, 0.4) is 0 Å². The first-order chi connectivity index (χ1) is 4.34. The minimum absolute atomic E-state index is 0.455. The molecular weight excluding hydrogens is 112 g/mol. The van der Waals surface area contributed by atoms with Gasteiger partial charge in [0.15, 0.2) is 0 Å². The fourth-order valence-electron chi connectivity index (χ4n) is 0.909. The Morgan fingerprint density at radius 3 is 2.67 bits per heavy atom. The summed E-state index contributed by atoms with van der Waals surface area (Å²) in [6.45, 7) is 3.69. The van der Waals surface area contributed by atoms with E-state index in [1.165, 1.54) is 0 Å². The van der Waals surface area contributed by atoms with Crippen LogP contribution in [0.25, 0.3) is 0 Å². The summed E-state index contributed by atoms with van der Waals surface area (Å²) in [5, 5.41) is 0. The van der Waals surface area contributed by atoms with Crippen molar-refractivity contribution < 1.29 is 4.79 Å². The number of carbonyl (C=O) groups excluding carboxylic acids is 1. The monoisotopic (exact) mass is 125 g/mol. The standard InChI is InChI=1S/C8H13O/c1-2-3-4-8(9)7-5-6-7/h7H,1-6H2. The van der Waals surface area contributed by atoms with Crippen molar-refractivity contribution in [2.45, 2.75) is 32.1 Å². The molecule has 1 nitrogen and oxygen atoms in total. The fourth-order valence-corrected chi connectivity index (χ4v) is 0.909. The zero-order valence-corrected chi connectivity index (χ0v) is 5.73. The molecule has 0 spiro atoms. The number of carbonyl (C=O) groups is 1. The highest BCUT2D eigenvalue weighted by Crippen LogP contribution is 2.31. The number of rotatable bonds is 4. The maximum absolute atomic E-state index is 10.9. The van der Waals surface area contributed by atoms with Gasteiger partial charge in [-0.1, -0.05) is 13.3 Å². The normalized spacial score (nSPS) is 17.9. The van der Waals surface area contributed by atoms with Crippen molar-refractivity contribution in [2.75, 3.05) is 0 Å². The van der Waals surface area contributed by atoms with Crippen molar-refractivity contribution in [3.05, 3.63) is 6.92 Å². The van der Waals surface area contributed by atoms with Crippen LogP contribution in [-0.4, -0.2) is 5.78 Å². The van der Waals surface area contributed by atoms with E-state index < -0.39 is 0 Å². The third-order valence-electron chi connectivity index (χ3n) is 1.71. The van der Waals surface area contributed by atoms with Crippen LogP contribution in [0.2, 0.25) is 0 Å². The van der Waals surface area contributed by atoms with Crippen molar-refractivity contribution in [1.29, 1.82) is 0 Å². The van der Waals surface area contributed by atoms with Gasteiger partial charge >= 0.3 is 0 Å². The molecule has 1 fully saturated rings. The van der Waals surface area contributed by atoms with Crippen LogP contribution < -0.4 is 0 Å². The first-order valence-electron chi connectivity index (χ1n) is 3.66. The van der Waals surface area contributed by atoms with E-state index >= 15 is 0 Å². The Balaban J connectivity index is 2.03. The topological polar surface area (TPSA) is 17.1 Å². The molecule has 1 aliphatic carbocycles. The predicted molar refractivity (Wildman–Crippen MR) is 36.9 cm³/mol. The van der Waals surface area contributed by atoms with Gasteiger partial charge in [-0.15, -0.1) is 0 Å². The van der Waals surface area contributed by atoms with Gasteiger partial charge in [0.2, 0.25) is 0 Å². The molecule has 1 heteroatoms. The number of hydrogen-bond donors (Lipinski definition) is 0. The fraction of sp³-hybridized carbons (Fsp3) is 0.750. The zero-order valence-electron chi connectivity index (χ0n) is 5.73. The Kier molecular flexibility index (Phi) is 2.26. The van der Waals surface area contributed by atoms with Crippen molar-refractivity contribution >= 4 is 5.78 Å². The second-order valence-electron chi connectivity index (χ2n) is 2.70. The van der Waals surface area contributed by atoms with Crippen LogP contribution in [0.15, 0.2) is 0 Å². The number of hydrogen-bond acceptors (Lipinski definition) is 1. The summed E-state index contributed by atoms with van der Waals surface area (Å²) in [5.74, 6) is 0.926. The lowest BCUT2D eigenvalue weighted by Crippen LogP contribution is -1.98. The molecule has 0 aromatic heterocycles. The van der Waals surface area contributed by atoms with Gasteiger partial charge in [-0.25, -0.2) is 0 Å². The summed E-state index contributed by atoms with van der Waals surface area (Å²) in [4.78, 5) is 10.9. The summed E-state index contributed by atoms with van der Waals surface area (Å²) in [5.41, 5.74) is 0. The molecular formula is C8H13O. The van der Waals surface area contributed by atoms with Crippen molar-refractivity contribution in [1.82, 2.24) is 0 Å². The van der Waals surface area contributed by atoms with E-state index in [4.69, 9.17) is 0 Å². The first kappa shape index (κ1) is 6.79. The van der Waals surface area contributed by atoms with Gasteiger partial charge in [-0.2, -0.15) is 0 Å². The van der Waals surface area contributed by atoms with Gasteiger partial charge in [0.05, 0.1) is 0 Å². The lowest BCUT2D eigenvalue weighted by Gasteiger charge is -1.92. The summed E-state index contributed by atoms with van der Waals surface area (Å²) in [6, 6.07) is 0. The Hall–Kier alpha value is -0.330. The molecule has 0 aliphatic heterocycles. The number of ketones is 1. The highest BCUT2D eigenvalue weighted by Gasteiger charge is 2.28. The molecule has 0 heterocycles. The summed E-state index contributed by atoms with van der Waals surface area (Å²) < 4.78 is 0. The molecule has 1 rings (SSSR count). The van der Waals surface area contributed by atoms with E-state index in [1.54, 1.807) is 0 Å². The Bertz CT molecular complexity index is 103. The van der Waals surface area contributed by atoms with Gasteiger partial charge in [-0.05, 0) is 19.3 Å². The average molecular weight is 125 g/mol. The maximum Gasteiger partial charge on any atom is 0.135 e. The van der Waals surface area contributed by atoms with E-state index in [0.717, 1.165) is 32.1 Å². The lowest BCUT2D eigenvalue weighted by atomic mass is 10.1. The van der Waals surface area contributed by atoms with Crippen molar-refractivity contribution in [3.63, 3.8) is 0 Å². The third-order valence-corrected chi connectivity index (χ3v) is 1.71. The third kappa shape index (κ3) is 2.17. The van der Waals surface area contributed by atoms with E-state index in [-0.39, 0.29) is 0 Å². The van der Waals surface area contributed by atoms with Gasteiger partial charge in [0.1, 0.15) is 5.78 Å². The molecule has 1 radical (unpaired) electrons. The first-order valence-corrected chi connectivity index (χ1v) is 3.66. The zero-order chi connectivity index (χ0) is 6.69. The summed E-state index contributed by atoms with van der Waals surface area (Å²) in [7, 11) is 0. The Morgan fingerprint density at radius 2 is 2.22 bits per heavy atom. The predicted octanol–water partition coefficient (Wildman–Crippen LogP) is 1.97. The smallest absolute Gasteiger partial charge is 0.135 e. The molecule has 0 aromatic carbocycles. The number of Topliss-reactive ketones (excluding diaryl/α,β-unsaturated/α-hetero) is 1. The second kappa shape index (κ2) is 3.00. The van der Waals surface area contributed by atoms with Crippen LogP contribution in [0, 0.1) is 12.8 Å². The van der Waals surface area contributed by atoms with Crippen LogP contribution in [-0.2, 0) is 4.79 Å². The maximum atomic E-state index is 10.9. The van der Waals surface area contributed by atoms with E-state index in [1.807, 2.05) is 0 Å². The van der Waals surface area contributed by atoms with Crippen LogP contribution in [0.5, 0.6) is 0 Å². The Morgan fingerprint density at radius 1 is 1.56 bits per heavy atom. The van der Waals surface area contributed by atoms with Crippen molar-refractivity contribution in [3.8, 4) is 0 Å². The molecule has 0 atom stereocenters. The Labute approximate surface area is 56.4 Å². The van der Waals surface area contributed by atoms with Gasteiger partial charge < -0.3 is 0 Å². The SMILES string of the molecule is [CH2]CCCC(=O)C1CC1. The summed E-state index contributed by atoms with van der Waals surface area (Å²) in [6.07, 6.45) is 4.95. The minimum atomic E-state index is 0.455. The number of unbranched alkanes of at least 4 members (excludes halogenated alkanes) is 1. The van der Waals surface area contributed by atoms with Crippen LogP contribution in [0.1, 0.15) is 32.1 Å². The molecule has 0 amide bonds. The lowest BCUT2D eigenvalue weighted by molar-refractivity contribution is -0.120. The molecule has 0 unspecified atom stereocenters. The van der Waals surface area contributed by atoms with Gasteiger partial charge in [-0.3, -0.25) is 4.79 Å². The molecule has 1 saturated carbocycles. The van der Waals surface area contributed by atoms with E-state index in [2.05, 4.69) is 6.92 Å². The minimum Gasteiger partial charge on any atom is -0.299 e. The van der Waals surface area contributed by atoms with E-state index in [0.29, 0.717) is 11.7 Å². The molecule has 0 bridgehead atoms. The largest absolute Gasteiger partial charge is 0.299 e. The highest BCUT2D eigenvalue weighted by molar-refractivity contribution is 5.82.